The zero-order valence-corrected chi connectivity index (χ0v) is 13.7. The first kappa shape index (κ1) is 16.9. The van der Waals surface area contributed by atoms with Gasteiger partial charge in [-0.25, -0.2) is 8.42 Å². The van der Waals surface area contributed by atoms with Gasteiger partial charge in [0.2, 0.25) is 10.0 Å². The van der Waals surface area contributed by atoms with Gasteiger partial charge in [-0.2, -0.15) is 4.31 Å². The van der Waals surface area contributed by atoms with Crippen LogP contribution in [0.2, 0.25) is 0 Å². The van der Waals surface area contributed by atoms with Crippen LogP contribution in [0.25, 0.3) is 0 Å². The van der Waals surface area contributed by atoms with E-state index in [1.165, 1.54) is 10.6 Å². The number of nitrogens with zero attached hydrogens (tertiary/aromatic N) is 2. The molecule has 2 atom stereocenters. The van der Waals surface area contributed by atoms with Gasteiger partial charge in [0.05, 0.1) is 12.7 Å². The van der Waals surface area contributed by atoms with Gasteiger partial charge in [-0.05, 0) is 12.5 Å². The van der Waals surface area contributed by atoms with Crippen molar-refractivity contribution in [3.8, 4) is 0 Å². The van der Waals surface area contributed by atoms with Crippen LogP contribution in [0.3, 0.4) is 0 Å². The molecule has 0 aliphatic carbocycles. The molecular formula is C15H22N2O4S. The number of piperazine rings is 1. The summed E-state index contributed by atoms with van der Waals surface area (Å²) in [6.45, 7) is 3.23. The van der Waals surface area contributed by atoms with Crippen molar-refractivity contribution < 1.29 is 18.3 Å². The van der Waals surface area contributed by atoms with E-state index in [0.717, 1.165) is 5.56 Å². The maximum Gasteiger partial charge on any atom is 0.304 e. The Balaban J connectivity index is 2.18. The Labute approximate surface area is 131 Å². The average Bonchev–Trinajstić information content (AvgIpc) is 2.41. The summed E-state index contributed by atoms with van der Waals surface area (Å²) in [5.41, 5.74) is 1.10. The molecule has 0 aromatic heterocycles. The predicted octanol–water partition coefficient (Wildman–Crippen LogP) is 0.996. The lowest BCUT2D eigenvalue weighted by Crippen LogP contribution is -2.58. The van der Waals surface area contributed by atoms with E-state index in [2.05, 4.69) is 4.90 Å². The molecule has 1 fully saturated rings. The molecule has 1 aromatic carbocycles. The molecule has 0 saturated carbocycles. The molecule has 22 heavy (non-hydrogen) atoms. The highest BCUT2D eigenvalue weighted by Gasteiger charge is 2.36. The third-order valence-corrected chi connectivity index (χ3v) is 5.32. The lowest BCUT2D eigenvalue weighted by molar-refractivity contribution is -0.139. The molecule has 1 heterocycles. The van der Waals surface area contributed by atoms with Gasteiger partial charge in [0, 0.05) is 31.7 Å². The number of rotatable bonds is 5. The van der Waals surface area contributed by atoms with Crippen LogP contribution in [-0.2, 0) is 21.4 Å². The zero-order valence-electron chi connectivity index (χ0n) is 12.8. The molecule has 122 valence electrons. The molecular weight excluding hydrogens is 304 g/mol. The van der Waals surface area contributed by atoms with E-state index in [1.807, 2.05) is 37.3 Å². The minimum Gasteiger partial charge on any atom is -0.481 e. The molecule has 1 N–H and O–H groups in total. The molecule has 0 bridgehead atoms. The molecule has 1 aliphatic rings. The third kappa shape index (κ3) is 4.28. The van der Waals surface area contributed by atoms with E-state index in [1.54, 1.807) is 0 Å². The van der Waals surface area contributed by atoms with Crippen molar-refractivity contribution in [2.45, 2.75) is 32.0 Å². The Bertz CT molecular complexity index is 618. The summed E-state index contributed by atoms with van der Waals surface area (Å²) >= 11 is 0. The lowest BCUT2D eigenvalue weighted by Gasteiger charge is -2.43. The largest absolute Gasteiger partial charge is 0.481 e. The number of benzene rings is 1. The maximum absolute atomic E-state index is 11.9. The van der Waals surface area contributed by atoms with Crippen molar-refractivity contribution in [1.29, 1.82) is 0 Å². The molecule has 2 rings (SSSR count). The van der Waals surface area contributed by atoms with E-state index in [4.69, 9.17) is 5.11 Å². The Morgan fingerprint density at radius 1 is 1.27 bits per heavy atom. The monoisotopic (exact) mass is 326 g/mol. The van der Waals surface area contributed by atoms with Crippen molar-refractivity contribution in [3.63, 3.8) is 0 Å². The van der Waals surface area contributed by atoms with Crippen molar-refractivity contribution in [2.24, 2.45) is 0 Å². The van der Waals surface area contributed by atoms with Gasteiger partial charge in [0.1, 0.15) is 0 Å². The van der Waals surface area contributed by atoms with E-state index in [9.17, 15) is 13.2 Å². The summed E-state index contributed by atoms with van der Waals surface area (Å²) in [5.74, 6) is -0.911. The highest BCUT2D eigenvalue weighted by molar-refractivity contribution is 7.88. The highest BCUT2D eigenvalue weighted by atomic mass is 32.2. The summed E-state index contributed by atoms with van der Waals surface area (Å²) in [6, 6.07) is 9.32. The number of hydrogen-bond acceptors (Lipinski definition) is 4. The fourth-order valence-corrected chi connectivity index (χ4v) is 4.11. The van der Waals surface area contributed by atoms with E-state index in [-0.39, 0.29) is 25.0 Å². The van der Waals surface area contributed by atoms with E-state index < -0.39 is 16.0 Å². The van der Waals surface area contributed by atoms with Crippen LogP contribution in [0.1, 0.15) is 18.9 Å². The first-order chi connectivity index (χ1) is 10.3. The molecule has 6 nitrogen and oxygen atoms in total. The van der Waals surface area contributed by atoms with Crippen molar-refractivity contribution in [3.05, 3.63) is 35.9 Å². The van der Waals surface area contributed by atoms with Crippen LogP contribution in [0.15, 0.2) is 30.3 Å². The number of aliphatic carboxylic acids is 1. The van der Waals surface area contributed by atoms with Gasteiger partial charge in [0.15, 0.2) is 0 Å². The first-order valence-electron chi connectivity index (χ1n) is 7.24. The molecule has 7 heteroatoms. The van der Waals surface area contributed by atoms with Crippen molar-refractivity contribution >= 4 is 16.0 Å². The Kier molecular flexibility index (Phi) is 5.20. The Morgan fingerprint density at radius 3 is 2.45 bits per heavy atom. The molecule has 0 radical (unpaired) electrons. The average molecular weight is 326 g/mol. The second-order valence-electron chi connectivity index (χ2n) is 5.85. The minimum absolute atomic E-state index is 0.0639. The first-order valence-corrected chi connectivity index (χ1v) is 9.09. The number of carboxylic acid groups (broad SMARTS) is 1. The number of sulfonamides is 1. The SMILES string of the molecule is C[C@H]1CN(Cc2ccccc2)[C@H](CC(=O)O)CN1S(C)(=O)=O. The summed E-state index contributed by atoms with van der Waals surface area (Å²) in [6.07, 6.45) is 1.11. The van der Waals surface area contributed by atoms with Gasteiger partial charge in [-0.1, -0.05) is 30.3 Å². The molecule has 0 amide bonds. The van der Waals surface area contributed by atoms with E-state index >= 15 is 0 Å². The van der Waals surface area contributed by atoms with Crippen LogP contribution in [0.4, 0.5) is 0 Å². The fourth-order valence-electron chi connectivity index (χ4n) is 2.95. The van der Waals surface area contributed by atoms with Crippen LogP contribution in [0, 0.1) is 0 Å². The molecule has 1 aliphatic heterocycles. The van der Waals surface area contributed by atoms with E-state index in [0.29, 0.717) is 13.1 Å². The van der Waals surface area contributed by atoms with Crippen LogP contribution in [-0.4, -0.2) is 60.1 Å². The van der Waals surface area contributed by atoms with Gasteiger partial charge in [-0.3, -0.25) is 9.69 Å². The highest BCUT2D eigenvalue weighted by Crippen LogP contribution is 2.22. The second kappa shape index (κ2) is 6.76. The molecule has 1 aromatic rings. The summed E-state index contributed by atoms with van der Waals surface area (Å²) < 4.78 is 25.1. The molecule has 0 spiro atoms. The summed E-state index contributed by atoms with van der Waals surface area (Å²) in [7, 11) is -3.33. The number of hydrogen-bond donors (Lipinski definition) is 1. The predicted molar refractivity (Wildman–Crippen MR) is 83.9 cm³/mol. The van der Waals surface area contributed by atoms with Gasteiger partial charge in [-0.15, -0.1) is 0 Å². The smallest absolute Gasteiger partial charge is 0.304 e. The van der Waals surface area contributed by atoms with Crippen molar-refractivity contribution in [1.82, 2.24) is 9.21 Å². The van der Waals surface area contributed by atoms with Crippen LogP contribution >= 0.6 is 0 Å². The normalized spacial score (nSPS) is 24.3. The van der Waals surface area contributed by atoms with Gasteiger partial charge < -0.3 is 5.11 Å². The van der Waals surface area contributed by atoms with Crippen LogP contribution < -0.4 is 0 Å². The number of carboxylic acids is 1. The standard InChI is InChI=1S/C15H22N2O4S/c1-12-9-16(10-13-6-4-3-5-7-13)14(8-15(18)19)11-17(12)22(2,20)21/h3-7,12,14H,8-11H2,1-2H3,(H,18,19)/t12-,14+/m0/s1. The summed E-state index contributed by atoms with van der Waals surface area (Å²) in [4.78, 5) is 13.2. The minimum atomic E-state index is -3.33. The quantitative estimate of drug-likeness (QED) is 0.873. The number of carbonyl (C=O) groups is 1. The van der Waals surface area contributed by atoms with Gasteiger partial charge in [0.25, 0.3) is 0 Å². The lowest BCUT2D eigenvalue weighted by atomic mass is 10.1. The third-order valence-electron chi connectivity index (χ3n) is 3.96. The second-order valence-corrected chi connectivity index (χ2v) is 7.78. The zero-order chi connectivity index (χ0) is 16.3. The maximum atomic E-state index is 11.9. The Hall–Kier alpha value is -1.44. The topological polar surface area (TPSA) is 77.9 Å². The Morgan fingerprint density at radius 2 is 1.91 bits per heavy atom. The molecule has 0 unspecified atom stereocenters. The van der Waals surface area contributed by atoms with Gasteiger partial charge >= 0.3 is 5.97 Å². The fraction of sp³-hybridized carbons (Fsp3) is 0.533. The van der Waals surface area contributed by atoms with Crippen LogP contribution in [0.5, 0.6) is 0 Å². The van der Waals surface area contributed by atoms with Crippen molar-refractivity contribution in [2.75, 3.05) is 19.3 Å². The summed E-state index contributed by atoms with van der Waals surface area (Å²) in [5, 5.41) is 9.11. The molecule has 1 saturated heterocycles.